The molecular weight excluding hydrogens is 302 g/mol. The minimum atomic E-state index is 0.756. The van der Waals surface area contributed by atoms with E-state index in [-0.39, 0.29) is 0 Å². The van der Waals surface area contributed by atoms with Gasteiger partial charge in [0, 0.05) is 41.4 Å². The van der Waals surface area contributed by atoms with Gasteiger partial charge in [-0.3, -0.25) is 4.68 Å². The van der Waals surface area contributed by atoms with E-state index in [1.165, 1.54) is 5.56 Å². The molecule has 1 heterocycles. The first-order valence-corrected chi connectivity index (χ1v) is 6.44. The molecule has 0 radical (unpaired) electrons. The number of benzene rings is 1. The number of aromatic nitrogens is 2. The van der Waals surface area contributed by atoms with Gasteiger partial charge < -0.3 is 5.32 Å². The van der Waals surface area contributed by atoms with Crippen molar-refractivity contribution < 1.29 is 0 Å². The Morgan fingerprint density at radius 2 is 2.24 bits per heavy atom. The SMILES string of the molecule is Cn1cc(CNCc2cc(Cl)ccc2Br)cn1. The zero-order valence-corrected chi connectivity index (χ0v) is 11.8. The number of rotatable bonds is 4. The van der Waals surface area contributed by atoms with Gasteiger partial charge in [-0.2, -0.15) is 5.10 Å². The summed E-state index contributed by atoms with van der Waals surface area (Å²) in [5.41, 5.74) is 2.33. The second-order valence-electron chi connectivity index (χ2n) is 3.86. The third kappa shape index (κ3) is 3.56. The van der Waals surface area contributed by atoms with Gasteiger partial charge in [0.25, 0.3) is 0 Å². The molecule has 0 unspecified atom stereocenters. The number of halogens is 2. The van der Waals surface area contributed by atoms with E-state index in [1.807, 2.05) is 37.6 Å². The van der Waals surface area contributed by atoms with Crippen LogP contribution >= 0.6 is 27.5 Å². The Morgan fingerprint density at radius 3 is 2.94 bits per heavy atom. The van der Waals surface area contributed by atoms with Crippen molar-refractivity contribution in [1.29, 1.82) is 0 Å². The highest BCUT2D eigenvalue weighted by Gasteiger charge is 2.01. The van der Waals surface area contributed by atoms with E-state index in [9.17, 15) is 0 Å². The van der Waals surface area contributed by atoms with Gasteiger partial charge in [0.05, 0.1) is 6.20 Å². The van der Waals surface area contributed by atoms with Crippen molar-refractivity contribution in [3.05, 3.63) is 51.2 Å². The van der Waals surface area contributed by atoms with Crippen molar-refractivity contribution in [3.63, 3.8) is 0 Å². The Balaban J connectivity index is 1.91. The Labute approximate surface area is 114 Å². The molecule has 0 spiro atoms. The van der Waals surface area contributed by atoms with Crippen molar-refractivity contribution in [2.45, 2.75) is 13.1 Å². The van der Waals surface area contributed by atoms with Crippen molar-refractivity contribution in [2.75, 3.05) is 0 Å². The van der Waals surface area contributed by atoms with Gasteiger partial charge in [0.15, 0.2) is 0 Å². The van der Waals surface area contributed by atoms with Crippen LogP contribution in [0.3, 0.4) is 0 Å². The number of nitrogens with one attached hydrogen (secondary N) is 1. The standard InChI is InChI=1S/C12H13BrClN3/c1-17-8-9(6-16-17)5-15-7-10-4-11(14)2-3-12(10)13/h2-4,6,8,15H,5,7H2,1H3. The Kier molecular flexibility index (Phi) is 4.20. The minimum absolute atomic E-state index is 0.756. The van der Waals surface area contributed by atoms with E-state index in [0.717, 1.165) is 28.1 Å². The zero-order chi connectivity index (χ0) is 12.3. The van der Waals surface area contributed by atoms with E-state index < -0.39 is 0 Å². The summed E-state index contributed by atoms with van der Waals surface area (Å²) < 4.78 is 2.87. The fourth-order valence-electron chi connectivity index (χ4n) is 1.58. The first-order chi connectivity index (χ1) is 8.15. The van der Waals surface area contributed by atoms with Crippen molar-refractivity contribution >= 4 is 27.5 Å². The monoisotopic (exact) mass is 313 g/mol. The molecule has 0 aliphatic carbocycles. The second kappa shape index (κ2) is 5.67. The predicted octanol–water partition coefficient (Wildman–Crippen LogP) is 3.13. The van der Waals surface area contributed by atoms with Crippen LogP contribution < -0.4 is 5.32 Å². The molecule has 0 saturated carbocycles. The lowest BCUT2D eigenvalue weighted by atomic mass is 10.2. The Bertz CT molecular complexity index is 510. The van der Waals surface area contributed by atoms with Gasteiger partial charge in [-0.15, -0.1) is 0 Å². The topological polar surface area (TPSA) is 29.9 Å². The molecule has 0 aliphatic heterocycles. The lowest BCUT2D eigenvalue weighted by Crippen LogP contribution is -2.12. The van der Waals surface area contributed by atoms with Gasteiger partial charge in [0.2, 0.25) is 0 Å². The summed E-state index contributed by atoms with van der Waals surface area (Å²) in [5.74, 6) is 0. The summed E-state index contributed by atoms with van der Waals surface area (Å²) in [5, 5.41) is 8.23. The zero-order valence-electron chi connectivity index (χ0n) is 9.45. The van der Waals surface area contributed by atoms with Gasteiger partial charge >= 0.3 is 0 Å². The maximum atomic E-state index is 5.95. The normalized spacial score (nSPS) is 10.8. The van der Waals surface area contributed by atoms with Crippen LogP contribution in [0.1, 0.15) is 11.1 Å². The average molecular weight is 315 g/mol. The fraction of sp³-hybridized carbons (Fsp3) is 0.250. The summed E-state index contributed by atoms with van der Waals surface area (Å²) >= 11 is 9.46. The molecular formula is C12H13BrClN3. The fourth-order valence-corrected chi connectivity index (χ4v) is 2.16. The second-order valence-corrected chi connectivity index (χ2v) is 5.15. The molecule has 0 amide bonds. The van der Waals surface area contributed by atoms with E-state index in [0.29, 0.717) is 0 Å². The van der Waals surface area contributed by atoms with Crippen LogP contribution in [0.15, 0.2) is 35.1 Å². The summed E-state index contributed by atoms with van der Waals surface area (Å²) in [6.07, 6.45) is 3.86. The molecule has 2 rings (SSSR count). The molecule has 5 heteroatoms. The Hall–Kier alpha value is -0.840. The van der Waals surface area contributed by atoms with Gasteiger partial charge in [-0.05, 0) is 23.8 Å². The third-order valence-electron chi connectivity index (χ3n) is 2.41. The van der Waals surface area contributed by atoms with Crippen LogP contribution in [0, 0.1) is 0 Å². The highest BCUT2D eigenvalue weighted by atomic mass is 79.9. The largest absolute Gasteiger partial charge is 0.308 e. The number of hydrogen-bond donors (Lipinski definition) is 1. The van der Waals surface area contributed by atoms with Crippen LogP contribution in [0.4, 0.5) is 0 Å². The van der Waals surface area contributed by atoms with E-state index in [1.54, 1.807) is 4.68 Å². The molecule has 0 bridgehead atoms. The van der Waals surface area contributed by atoms with Crippen LogP contribution in [-0.4, -0.2) is 9.78 Å². The molecule has 0 aliphatic rings. The summed E-state index contributed by atoms with van der Waals surface area (Å²) in [6.45, 7) is 1.57. The quantitative estimate of drug-likeness (QED) is 0.939. The van der Waals surface area contributed by atoms with Crippen molar-refractivity contribution in [2.24, 2.45) is 7.05 Å². The van der Waals surface area contributed by atoms with Gasteiger partial charge in [0.1, 0.15) is 0 Å². The molecule has 0 fully saturated rings. The smallest absolute Gasteiger partial charge is 0.0534 e. The molecule has 17 heavy (non-hydrogen) atoms. The summed E-state index contributed by atoms with van der Waals surface area (Å²) in [7, 11) is 1.91. The van der Waals surface area contributed by atoms with Crippen LogP contribution in [0.2, 0.25) is 5.02 Å². The van der Waals surface area contributed by atoms with E-state index in [2.05, 4.69) is 26.3 Å². The lowest BCUT2D eigenvalue weighted by Gasteiger charge is -2.06. The number of nitrogens with zero attached hydrogens (tertiary/aromatic N) is 2. The molecule has 1 aromatic carbocycles. The van der Waals surface area contributed by atoms with Crippen LogP contribution in [-0.2, 0) is 20.1 Å². The molecule has 0 atom stereocenters. The molecule has 3 nitrogen and oxygen atoms in total. The average Bonchev–Trinajstić information content (AvgIpc) is 2.69. The van der Waals surface area contributed by atoms with Crippen LogP contribution in [0.25, 0.3) is 0 Å². The molecule has 0 saturated heterocycles. The molecule has 90 valence electrons. The number of aryl methyl sites for hydroxylation is 1. The first kappa shape index (κ1) is 12.6. The molecule has 2 aromatic rings. The summed E-state index contributed by atoms with van der Waals surface area (Å²) in [4.78, 5) is 0. The van der Waals surface area contributed by atoms with E-state index >= 15 is 0 Å². The minimum Gasteiger partial charge on any atom is -0.308 e. The van der Waals surface area contributed by atoms with Crippen molar-refractivity contribution in [1.82, 2.24) is 15.1 Å². The lowest BCUT2D eigenvalue weighted by molar-refractivity contribution is 0.690. The van der Waals surface area contributed by atoms with Gasteiger partial charge in [-0.25, -0.2) is 0 Å². The van der Waals surface area contributed by atoms with Gasteiger partial charge in [-0.1, -0.05) is 27.5 Å². The molecule has 1 aromatic heterocycles. The first-order valence-electron chi connectivity index (χ1n) is 5.27. The Morgan fingerprint density at radius 1 is 1.41 bits per heavy atom. The third-order valence-corrected chi connectivity index (χ3v) is 3.42. The predicted molar refractivity (Wildman–Crippen MR) is 72.9 cm³/mol. The molecule has 1 N–H and O–H groups in total. The van der Waals surface area contributed by atoms with E-state index in [4.69, 9.17) is 11.6 Å². The number of hydrogen-bond acceptors (Lipinski definition) is 2. The summed E-state index contributed by atoms with van der Waals surface area (Å²) in [6, 6.07) is 5.79. The maximum Gasteiger partial charge on any atom is 0.0534 e. The van der Waals surface area contributed by atoms with Crippen molar-refractivity contribution in [3.8, 4) is 0 Å². The highest BCUT2D eigenvalue weighted by Crippen LogP contribution is 2.20. The highest BCUT2D eigenvalue weighted by molar-refractivity contribution is 9.10. The van der Waals surface area contributed by atoms with Crippen LogP contribution in [0.5, 0.6) is 0 Å². The maximum absolute atomic E-state index is 5.95.